The number of allylic oxidation sites excluding steroid dienone is 1. The molecule has 0 N–H and O–H groups in total. The van der Waals surface area contributed by atoms with Crippen molar-refractivity contribution in [1.29, 1.82) is 5.26 Å². The van der Waals surface area contributed by atoms with Crippen molar-refractivity contribution in [2.24, 2.45) is 0 Å². The molecule has 2 aromatic rings. The second-order valence-corrected chi connectivity index (χ2v) is 7.37. The molecular weight excluding hydrogens is 326 g/mol. The summed E-state index contributed by atoms with van der Waals surface area (Å²) < 4.78 is 11.1. The van der Waals surface area contributed by atoms with Crippen molar-refractivity contribution in [2.75, 3.05) is 6.61 Å². The fraction of sp³-hybridized carbons (Fsp3) is 0.273. The van der Waals surface area contributed by atoms with Gasteiger partial charge in [-0.2, -0.15) is 5.26 Å². The van der Waals surface area contributed by atoms with Crippen molar-refractivity contribution in [2.45, 2.75) is 33.1 Å². The Morgan fingerprint density at radius 3 is 2.50 bits per heavy atom. The Hall–Kier alpha value is -3.06. The van der Waals surface area contributed by atoms with Gasteiger partial charge in [-0.3, -0.25) is 4.79 Å². The van der Waals surface area contributed by atoms with Crippen LogP contribution >= 0.6 is 0 Å². The maximum atomic E-state index is 12.7. The smallest absolute Gasteiger partial charge is 0.232 e. The third kappa shape index (κ3) is 3.48. The fourth-order valence-electron chi connectivity index (χ4n) is 2.91. The first-order valence-corrected chi connectivity index (χ1v) is 8.49. The molecule has 26 heavy (non-hydrogen) atoms. The molecule has 0 unspecified atom stereocenters. The summed E-state index contributed by atoms with van der Waals surface area (Å²) in [6.07, 6.45) is 1.75. The Morgan fingerprint density at radius 2 is 1.88 bits per heavy atom. The molecule has 0 aliphatic carbocycles. The SMILES string of the molecule is Cc1cc(OCC#N)cc2c1C(=O)/C(=C/c1ccc(C(C)(C)C)cc1)O2. The number of hydrogen-bond donors (Lipinski definition) is 0. The molecule has 0 saturated carbocycles. The highest BCUT2D eigenvalue weighted by Crippen LogP contribution is 2.37. The lowest BCUT2D eigenvalue weighted by atomic mass is 9.86. The van der Waals surface area contributed by atoms with Crippen LogP contribution in [0.2, 0.25) is 0 Å². The van der Waals surface area contributed by atoms with E-state index in [0.29, 0.717) is 22.8 Å². The number of carbonyl (C=O) groups is 1. The zero-order chi connectivity index (χ0) is 18.9. The van der Waals surface area contributed by atoms with E-state index in [4.69, 9.17) is 14.7 Å². The maximum Gasteiger partial charge on any atom is 0.232 e. The summed E-state index contributed by atoms with van der Waals surface area (Å²) >= 11 is 0. The third-order valence-electron chi connectivity index (χ3n) is 4.32. The van der Waals surface area contributed by atoms with Crippen molar-refractivity contribution < 1.29 is 14.3 Å². The Kier molecular flexibility index (Phi) is 4.56. The van der Waals surface area contributed by atoms with Crippen molar-refractivity contribution in [3.63, 3.8) is 0 Å². The van der Waals surface area contributed by atoms with Crippen LogP contribution in [0.5, 0.6) is 11.5 Å². The average molecular weight is 347 g/mol. The monoisotopic (exact) mass is 347 g/mol. The number of carbonyl (C=O) groups excluding carboxylic acids is 1. The quantitative estimate of drug-likeness (QED) is 0.748. The summed E-state index contributed by atoms with van der Waals surface area (Å²) in [7, 11) is 0. The molecule has 3 rings (SSSR count). The zero-order valence-electron chi connectivity index (χ0n) is 15.4. The number of Topliss-reactive ketones (excluding diaryl/α,β-unsaturated/α-hetero) is 1. The summed E-state index contributed by atoms with van der Waals surface area (Å²) in [4.78, 5) is 12.7. The van der Waals surface area contributed by atoms with E-state index in [9.17, 15) is 4.79 Å². The van der Waals surface area contributed by atoms with Gasteiger partial charge in [0.25, 0.3) is 0 Å². The second kappa shape index (κ2) is 6.68. The van der Waals surface area contributed by atoms with Crippen molar-refractivity contribution >= 4 is 11.9 Å². The van der Waals surface area contributed by atoms with Gasteiger partial charge in [0.15, 0.2) is 12.4 Å². The van der Waals surface area contributed by atoms with Gasteiger partial charge in [0.05, 0.1) is 5.56 Å². The topological polar surface area (TPSA) is 59.3 Å². The van der Waals surface area contributed by atoms with Crippen LogP contribution in [0.25, 0.3) is 6.08 Å². The first-order chi connectivity index (χ1) is 12.3. The Bertz CT molecular complexity index is 926. The number of hydrogen-bond acceptors (Lipinski definition) is 4. The van der Waals surface area contributed by atoms with Gasteiger partial charge in [0.1, 0.15) is 17.6 Å². The molecule has 0 fully saturated rings. The lowest BCUT2D eigenvalue weighted by molar-refractivity contribution is 0.101. The van der Waals surface area contributed by atoms with Gasteiger partial charge in [0, 0.05) is 6.07 Å². The van der Waals surface area contributed by atoms with Gasteiger partial charge >= 0.3 is 0 Å². The Morgan fingerprint density at radius 1 is 1.19 bits per heavy atom. The van der Waals surface area contributed by atoms with Crippen LogP contribution in [-0.2, 0) is 5.41 Å². The number of ketones is 1. The molecule has 0 radical (unpaired) electrons. The minimum absolute atomic E-state index is 0.0466. The van der Waals surface area contributed by atoms with Crippen LogP contribution in [-0.4, -0.2) is 12.4 Å². The van der Waals surface area contributed by atoms with Crippen LogP contribution in [0.4, 0.5) is 0 Å². The molecule has 1 heterocycles. The van der Waals surface area contributed by atoms with Gasteiger partial charge in [-0.15, -0.1) is 0 Å². The Labute approximate surface area is 153 Å². The third-order valence-corrected chi connectivity index (χ3v) is 4.32. The van der Waals surface area contributed by atoms with E-state index >= 15 is 0 Å². The maximum absolute atomic E-state index is 12.7. The first kappa shape index (κ1) is 17.8. The highest BCUT2D eigenvalue weighted by atomic mass is 16.5. The number of benzene rings is 2. The molecule has 1 aliphatic heterocycles. The zero-order valence-corrected chi connectivity index (χ0v) is 15.4. The van der Waals surface area contributed by atoms with E-state index in [1.807, 2.05) is 25.1 Å². The number of rotatable bonds is 3. The van der Waals surface area contributed by atoms with Crippen molar-refractivity contribution in [3.05, 3.63) is 64.4 Å². The highest BCUT2D eigenvalue weighted by molar-refractivity contribution is 6.15. The van der Waals surface area contributed by atoms with E-state index < -0.39 is 0 Å². The lowest BCUT2D eigenvalue weighted by Gasteiger charge is -2.18. The summed E-state index contributed by atoms with van der Waals surface area (Å²) in [5.74, 6) is 1.15. The molecule has 0 atom stereocenters. The van der Waals surface area contributed by atoms with Crippen LogP contribution in [0.15, 0.2) is 42.2 Å². The van der Waals surface area contributed by atoms with E-state index in [0.717, 1.165) is 11.1 Å². The van der Waals surface area contributed by atoms with Gasteiger partial charge in [-0.05, 0) is 41.2 Å². The van der Waals surface area contributed by atoms with E-state index in [2.05, 4.69) is 32.9 Å². The molecular formula is C22H21NO3. The van der Waals surface area contributed by atoms with Gasteiger partial charge in [0.2, 0.25) is 5.78 Å². The normalized spacial score (nSPS) is 14.7. The average Bonchev–Trinajstić information content (AvgIpc) is 2.89. The summed E-state index contributed by atoms with van der Waals surface area (Å²) in [6, 6.07) is 13.4. The minimum Gasteiger partial charge on any atom is -0.479 e. The van der Waals surface area contributed by atoms with Crippen LogP contribution < -0.4 is 9.47 Å². The van der Waals surface area contributed by atoms with Crippen molar-refractivity contribution in [3.8, 4) is 17.6 Å². The standard InChI is InChI=1S/C22H21NO3/c1-14-11-17(25-10-9-23)13-18-20(14)21(24)19(26-18)12-15-5-7-16(8-6-15)22(2,3)4/h5-8,11-13H,10H2,1-4H3/b19-12-. The van der Waals surface area contributed by atoms with Crippen LogP contribution in [0.3, 0.4) is 0 Å². The predicted octanol–water partition coefficient (Wildman–Crippen LogP) is 4.81. The molecule has 4 heteroatoms. The molecule has 4 nitrogen and oxygen atoms in total. The number of aryl methyl sites for hydroxylation is 1. The Balaban J connectivity index is 1.89. The number of ether oxygens (including phenoxy) is 2. The summed E-state index contributed by atoms with van der Waals surface area (Å²) in [5.41, 5.74) is 3.54. The molecule has 0 aromatic heterocycles. The van der Waals surface area contributed by atoms with Gasteiger partial charge < -0.3 is 9.47 Å². The predicted molar refractivity (Wildman–Crippen MR) is 100 cm³/mol. The molecule has 132 valence electrons. The minimum atomic E-state index is -0.135. The second-order valence-electron chi connectivity index (χ2n) is 7.37. The lowest BCUT2D eigenvalue weighted by Crippen LogP contribution is -2.10. The largest absolute Gasteiger partial charge is 0.479 e. The number of fused-ring (bicyclic) bond motifs is 1. The van der Waals surface area contributed by atoms with Crippen LogP contribution in [0.1, 0.15) is 47.8 Å². The van der Waals surface area contributed by atoms with E-state index in [-0.39, 0.29) is 17.8 Å². The van der Waals surface area contributed by atoms with Crippen LogP contribution in [0, 0.1) is 18.3 Å². The van der Waals surface area contributed by atoms with E-state index in [1.165, 1.54) is 5.56 Å². The molecule has 0 bridgehead atoms. The fourth-order valence-corrected chi connectivity index (χ4v) is 2.91. The van der Waals surface area contributed by atoms with Gasteiger partial charge in [-0.25, -0.2) is 0 Å². The molecule has 0 spiro atoms. The van der Waals surface area contributed by atoms with Gasteiger partial charge in [-0.1, -0.05) is 45.0 Å². The molecule has 2 aromatic carbocycles. The molecule has 0 amide bonds. The molecule has 1 aliphatic rings. The summed E-state index contributed by atoms with van der Waals surface area (Å²) in [6.45, 7) is 8.27. The first-order valence-electron chi connectivity index (χ1n) is 8.49. The number of nitriles is 1. The van der Waals surface area contributed by atoms with E-state index in [1.54, 1.807) is 18.2 Å². The number of nitrogens with zero attached hydrogens (tertiary/aromatic N) is 1. The molecule has 0 saturated heterocycles. The van der Waals surface area contributed by atoms with Crippen molar-refractivity contribution in [1.82, 2.24) is 0 Å². The summed E-state index contributed by atoms with van der Waals surface area (Å²) in [5, 5.41) is 8.64. The highest BCUT2D eigenvalue weighted by Gasteiger charge is 2.30.